The minimum atomic E-state index is -0.491. The fraction of sp³-hybridized carbons (Fsp3) is 0.0556. The average molecular weight is 360 g/mol. The van der Waals surface area contributed by atoms with Crippen molar-refractivity contribution in [2.45, 2.75) is 6.92 Å². The van der Waals surface area contributed by atoms with Gasteiger partial charge in [0.25, 0.3) is 0 Å². The number of rotatable bonds is 2. The van der Waals surface area contributed by atoms with Crippen LogP contribution in [0, 0.1) is 0 Å². The van der Waals surface area contributed by atoms with Crippen LogP contribution in [0.3, 0.4) is 0 Å². The maximum atomic E-state index is 12.9. The lowest BCUT2D eigenvalue weighted by Crippen LogP contribution is -2.36. The SMILES string of the molecule is CC(=O)N(C1=C(Cl)C(=O)c2ccccc2C1=O)c1cccc(Cl)c1. The van der Waals surface area contributed by atoms with E-state index in [4.69, 9.17) is 23.2 Å². The summed E-state index contributed by atoms with van der Waals surface area (Å²) in [5, 5.41) is 0.110. The Morgan fingerprint density at radius 3 is 2.12 bits per heavy atom. The van der Waals surface area contributed by atoms with Crippen LogP contribution in [0.1, 0.15) is 27.6 Å². The number of amides is 1. The van der Waals surface area contributed by atoms with Crippen molar-refractivity contribution in [3.05, 3.63) is 75.4 Å². The summed E-state index contributed by atoms with van der Waals surface area (Å²) in [6.07, 6.45) is 0. The Balaban J connectivity index is 2.22. The van der Waals surface area contributed by atoms with Crippen molar-refractivity contribution in [3.63, 3.8) is 0 Å². The molecule has 1 aliphatic carbocycles. The third-order valence-corrected chi connectivity index (χ3v) is 4.23. The number of anilines is 1. The van der Waals surface area contributed by atoms with Gasteiger partial charge in [0, 0.05) is 23.1 Å². The van der Waals surface area contributed by atoms with Gasteiger partial charge in [0.2, 0.25) is 17.5 Å². The third kappa shape index (κ3) is 2.64. The van der Waals surface area contributed by atoms with Crippen molar-refractivity contribution >= 4 is 46.4 Å². The van der Waals surface area contributed by atoms with E-state index in [2.05, 4.69) is 0 Å². The number of benzene rings is 2. The molecule has 0 spiro atoms. The van der Waals surface area contributed by atoms with Crippen molar-refractivity contribution in [1.82, 2.24) is 0 Å². The Bertz CT molecular complexity index is 918. The first-order valence-corrected chi connectivity index (χ1v) is 7.82. The van der Waals surface area contributed by atoms with E-state index in [1.54, 1.807) is 30.3 Å². The van der Waals surface area contributed by atoms with E-state index in [-0.39, 0.29) is 21.9 Å². The number of nitrogens with zero attached hydrogens (tertiary/aromatic N) is 1. The second-order valence-electron chi connectivity index (χ2n) is 5.20. The molecule has 1 amide bonds. The summed E-state index contributed by atoms with van der Waals surface area (Å²) in [5.74, 6) is -1.42. The van der Waals surface area contributed by atoms with E-state index in [0.717, 1.165) is 4.90 Å². The van der Waals surface area contributed by atoms with Crippen LogP contribution in [0.15, 0.2) is 59.3 Å². The quantitative estimate of drug-likeness (QED) is 0.806. The fourth-order valence-electron chi connectivity index (χ4n) is 2.62. The third-order valence-electron chi connectivity index (χ3n) is 3.64. The molecule has 0 unspecified atom stereocenters. The number of halogens is 2. The second-order valence-corrected chi connectivity index (χ2v) is 6.02. The van der Waals surface area contributed by atoms with Gasteiger partial charge >= 0.3 is 0 Å². The minimum Gasteiger partial charge on any atom is -0.287 e. The van der Waals surface area contributed by atoms with Crippen LogP contribution in [-0.2, 0) is 4.79 Å². The lowest BCUT2D eigenvalue weighted by Gasteiger charge is -2.27. The summed E-state index contributed by atoms with van der Waals surface area (Å²) in [4.78, 5) is 38.7. The van der Waals surface area contributed by atoms with Gasteiger partial charge in [0.15, 0.2) is 0 Å². The van der Waals surface area contributed by atoms with Crippen LogP contribution in [0.25, 0.3) is 0 Å². The first-order chi connectivity index (χ1) is 11.4. The highest BCUT2D eigenvalue weighted by molar-refractivity contribution is 6.50. The molecule has 24 heavy (non-hydrogen) atoms. The van der Waals surface area contributed by atoms with E-state index >= 15 is 0 Å². The number of allylic oxidation sites excluding steroid dienone is 2. The molecule has 0 saturated heterocycles. The van der Waals surface area contributed by atoms with Gasteiger partial charge in [-0.05, 0) is 18.2 Å². The maximum absolute atomic E-state index is 12.9. The second kappa shape index (κ2) is 6.23. The van der Waals surface area contributed by atoms with Crippen molar-refractivity contribution < 1.29 is 14.4 Å². The number of carbonyl (C=O) groups excluding carboxylic acids is 3. The normalized spacial score (nSPS) is 13.8. The minimum absolute atomic E-state index is 0.157. The molecule has 3 rings (SSSR count). The molecule has 2 aromatic carbocycles. The Kier molecular flexibility index (Phi) is 4.26. The molecule has 0 N–H and O–H groups in total. The molecule has 0 atom stereocenters. The molecule has 2 aromatic rings. The number of ketones is 2. The molecule has 0 bridgehead atoms. The average Bonchev–Trinajstić information content (AvgIpc) is 2.56. The number of Topliss-reactive ketones (excluding diaryl/α,β-unsaturated/α-hetero) is 2. The summed E-state index contributed by atoms with van der Waals surface area (Å²) in [5.41, 5.74) is 0.653. The number of hydrogen-bond acceptors (Lipinski definition) is 3. The lowest BCUT2D eigenvalue weighted by atomic mass is 9.91. The van der Waals surface area contributed by atoms with Gasteiger partial charge < -0.3 is 0 Å². The van der Waals surface area contributed by atoms with Gasteiger partial charge in [-0.1, -0.05) is 53.5 Å². The summed E-state index contributed by atoms with van der Waals surface area (Å²) in [6, 6.07) is 12.8. The van der Waals surface area contributed by atoms with Gasteiger partial charge in [-0.15, -0.1) is 0 Å². The Morgan fingerprint density at radius 1 is 0.917 bits per heavy atom. The van der Waals surface area contributed by atoms with Crippen LogP contribution >= 0.6 is 23.2 Å². The number of fused-ring (bicyclic) bond motifs is 1. The van der Waals surface area contributed by atoms with Crippen molar-refractivity contribution in [2.75, 3.05) is 4.90 Å². The van der Waals surface area contributed by atoms with Gasteiger partial charge in [-0.3, -0.25) is 19.3 Å². The van der Waals surface area contributed by atoms with Crippen LogP contribution in [0.2, 0.25) is 5.02 Å². The predicted octanol–water partition coefficient (Wildman–Crippen LogP) is 4.22. The molecular weight excluding hydrogens is 349 g/mol. The molecule has 0 radical (unpaired) electrons. The molecule has 0 aromatic heterocycles. The highest BCUT2D eigenvalue weighted by atomic mass is 35.5. The van der Waals surface area contributed by atoms with Gasteiger partial charge in [-0.2, -0.15) is 0 Å². The van der Waals surface area contributed by atoms with Crippen LogP contribution < -0.4 is 4.90 Å². The van der Waals surface area contributed by atoms with E-state index in [1.807, 2.05) is 0 Å². The fourth-order valence-corrected chi connectivity index (χ4v) is 3.07. The van der Waals surface area contributed by atoms with Crippen LogP contribution in [0.4, 0.5) is 5.69 Å². The summed E-state index contributed by atoms with van der Waals surface area (Å²) in [7, 11) is 0. The maximum Gasteiger partial charge on any atom is 0.228 e. The molecule has 0 saturated carbocycles. The van der Waals surface area contributed by atoms with Gasteiger partial charge in [0.05, 0.1) is 5.69 Å². The van der Waals surface area contributed by atoms with Gasteiger partial charge in [0.1, 0.15) is 10.7 Å². The first-order valence-electron chi connectivity index (χ1n) is 7.06. The molecule has 6 heteroatoms. The molecule has 0 heterocycles. The molecule has 120 valence electrons. The largest absolute Gasteiger partial charge is 0.287 e. The van der Waals surface area contributed by atoms with Crippen molar-refractivity contribution in [2.24, 2.45) is 0 Å². The van der Waals surface area contributed by atoms with Crippen molar-refractivity contribution in [1.29, 1.82) is 0 Å². The summed E-state index contributed by atoms with van der Waals surface area (Å²) in [6.45, 7) is 1.29. The molecule has 1 aliphatic rings. The lowest BCUT2D eigenvalue weighted by molar-refractivity contribution is -0.116. The Labute approximate surface area is 148 Å². The Morgan fingerprint density at radius 2 is 1.54 bits per heavy atom. The summed E-state index contributed by atoms with van der Waals surface area (Å²) >= 11 is 12.1. The van der Waals surface area contributed by atoms with E-state index in [9.17, 15) is 14.4 Å². The zero-order valence-electron chi connectivity index (χ0n) is 12.5. The number of hydrogen-bond donors (Lipinski definition) is 0. The van der Waals surface area contributed by atoms with Crippen LogP contribution in [-0.4, -0.2) is 17.5 Å². The van der Waals surface area contributed by atoms with Crippen molar-refractivity contribution in [3.8, 4) is 0 Å². The van der Waals surface area contributed by atoms with Crippen LogP contribution in [0.5, 0.6) is 0 Å². The highest BCUT2D eigenvalue weighted by Gasteiger charge is 2.36. The van der Waals surface area contributed by atoms with E-state index in [0.29, 0.717) is 10.7 Å². The zero-order valence-corrected chi connectivity index (χ0v) is 14.1. The van der Waals surface area contributed by atoms with Gasteiger partial charge in [-0.25, -0.2) is 0 Å². The monoisotopic (exact) mass is 359 g/mol. The molecular formula is C18H11Cl2NO3. The predicted molar refractivity (Wildman–Crippen MR) is 92.6 cm³/mol. The first kappa shape index (κ1) is 16.4. The topological polar surface area (TPSA) is 54.5 Å². The Hall–Kier alpha value is -2.43. The van der Waals surface area contributed by atoms with E-state index in [1.165, 1.54) is 25.1 Å². The zero-order chi connectivity index (χ0) is 17.4. The molecule has 0 fully saturated rings. The highest BCUT2D eigenvalue weighted by Crippen LogP contribution is 2.33. The van der Waals surface area contributed by atoms with E-state index < -0.39 is 17.5 Å². The molecule has 0 aliphatic heterocycles. The summed E-state index contributed by atoms with van der Waals surface area (Å²) < 4.78 is 0. The standard InChI is InChI=1S/C18H11Cl2NO3/c1-10(22)21(12-6-4-5-11(19)9-12)16-15(20)17(23)13-7-2-3-8-14(13)18(16)24/h2-9H,1H3. The molecule has 4 nitrogen and oxygen atoms in total. The number of carbonyl (C=O) groups is 3. The smallest absolute Gasteiger partial charge is 0.228 e.